The van der Waals surface area contributed by atoms with E-state index in [1.807, 2.05) is 0 Å². The van der Waals surface area contributed by atoms with Crippen molar-refractivity contribution >= 4 is 11.8 Å². The third kappa shape index (κ3) is 3.39. The summed E-state index contributed by atoms with van der Waals surface area (Å²) in [6.45, 7) is 1.57. The summed E-state index contributed by atoms with van der Waals surface area (Å²) in [5, 5.41) is 3.57. The summed E-state index contributed by atoms with van der Waals surface area (Å²) < 4.78 is 24.7. The molecule has 3 unspecified atom stereocenters. The average Bonchev–Trinajstić information content (AvgIpc) is 2.18. The van der Waals surface area contributed by atoms with Crippen molar-refractivity contribution in [2.45, 2.75) is 56.4 Å². The van der Waals surface area contributed by atoms with E-state index in [9.17, 15) is 8.78 Å². The van der Waals surface area contributed by atoms with Gasteiger partial charge < -0.3 is 5.32 Å². The summed E-state index contributed by atoms with van der Waals surface area (Å²) in [6, 6.07) is -0.393. The normalized spacial score (nSPS) is 30.6. The van der Waals surface area contributed by atoms with Crippen LogP contribution in [-0.2, 0) is 0 Å². The molecule has 14 heavy (non-hydrogen) atoms. The zero-order valence-electron chi connectivity index (χ0n) is 8.80. The first-order valence-corrected chi connectivity index (χ1v) is 6.51. The Bertz CT molecular complexity index is 166. The third-order valence-corrected chi connectivity index (χ3v) is 4.03. The van der Waals surface area contributed by atoms with Gasteiger partial charge in [-0.05, 0) is 26.0 Å². The number of hydrogen-bond donors (Lipinski definition) is 1. The van der Waals surface area contributed by atoms with Gasteiger partial charge in [0.05, 0.1) is 6.04 Å². The highest BCUT2D eigenvalue weighted by molar-refractivity contribution is 7.99. The number of nitrogens with one attached hydrogen (secondary N) is 1. The van der Waals surface area contributed by atoms with E-state index in [1.54, 1.807) is 18.7 Å². The van der Waals surface area contributed by atoms with E-state index in [-0.39, 0.29) is 6.04 Å². The molecular weight excluding hydrogens is 204 g/mol. The largest absolute Gasteiger partial charge is 0.305 e. The van der Waals surface area contributed by atoms with Gasteiger partial charge >= 0.3 is 0 Å². The maximum absolute atomic E-state index is 12.3. The van der Waals surface area contributed by atoms with Crippen LogP contribution in [0.1, 0.15) is 32.6 Å². The Labute approximate surface area is 89.0 Å². The molecule has 1 aliphatic carbocycles. The number of alkyl halides is 2. The maximum atomic E-state index is 12.3. The van der Waals surface area contributed by atoms with Crippen LogP contribution in [0.15, 0.2) is 0 Å². The molecule has 1 rings (SSSR count). The standard InChI is InChI=1S/C10H19F2NS/c1-7(10(11)12)13-8-5-3-4-6-9(8)14-2/h7-10,13H,3-6H2,1-2H3. The maximum Gasteiger partial charge on any atom is 0.253 e. The van der Waals surface area contributed by atoms with Gasteiger partial charge in [-0.25, -0.2) is 8.78 Å². The van der Waals surface area contributed by atoms with Crippen molar-refractivity contribution in [3.63, 3.8) is 0 Å². The summed E-state index contributed by atoms with van der Waals surface area (Å²) in [5.41, 5.74) is 0. The molecule has 0 aromatic heterocycles. The third-order valence-electron chi connectivity index (χ3n) is 2.86. The van der Waals surface area contributed by atoms with Crippen molar-refractivity contribution in [2.75, 3.05) is 6.26 Å². The van der Waals surface area contributed by atoms with Crippen LogP contribution >= 0.6 is 11.8 Å². The topological polar surface area (TPSA) is 12.0 Å². The zero-order valence-corrected chi connectivity index (χ0v) is 9.62. The summed E-state index contributed by atoms with van der Waals surface area (Å²) >= 11 is 1.80. The van der Waals surface area contributed by atoms with E-state index >= 15 is 0 Å². The summed E-state index contributed by atoms with van der Waals surface area (Å²) in [7, 11) is 0. The molecule has 0 amide bonds. The Morgan fingerprint density at radius 2 is 1.93 bits per heavy atom. The minimum Gasteiger partial charge on any atom is -0.305 e. The van der Waals surface area contributed by atoms with E-state index in [0.29, 0.717) is 5.25 Å². The molecule has 1 aliphatic rings. The first-order chi connectivity index (χ1) is 6.65. The van der Waals surface area contributed by atoms with Crippen LogP contribution in [0.4, 0.5) is 8.78 Å². The molecule has 1 fully saturated rings. The van der Waals surface area contributed by atoms with Gasteiger partial charge in [-0.2, -0.15) is 11.8 Å². The van der Waals surface area contributed by atoms with Crippen LogP contribution in [0, 0.1) is 0 Å². The molecule has 0 aromatic rings. The SMILES string of the molecule is CSC1CCCCC1NC(C)C(F)F. The van der Waals surface area contributed by atoms with Crippen molar-refractivity contribution in [2.24, 2.45) is 0 Å². The molecule has 0 saturated heterocycles. The Morgan fingerprint density at radius 1 is 1.29 bits per heavy atom. The van der Waals surface area contributed by atoms with Gasteiger partial charge in [0.15, 0.2) is 0 Å². The second-order valence-electron chi connectivity index (χ2n) is 3.95. The predicted octanol–water partition coefficient (Wildman–Crippen LogP) is 2.90. The van der Waals surface area contributed by atoms with Crippen LogP contribution in [-0.4, -0.2) is 30.0 Å². The fourth-order valence-electron chi connectivity index (χ4n) is 1.98. The molecule has 1 nitrogen and oxygen atoms in total. The zero-order chi connectivity index (χ0) is 10.6. The fraction of sp³-hybridized carbons (Fsp3) is 1.00. The number of thioether (sulfide) groups is 1. The first kappa shape index (κ1) is 12.2. The van der Waals surface area contributed by atoms with E-state index in [0.717, 1.165) is 12.8 Å². The quantitative estimate of drug-likeness (QED) is 0.786. The molecule has 0 aromatic carbocycles. The van der Waals surface area contributed by atoms with Crippen molar-refractivity contribution in [1.82, 2.24) is 5.32 Å². The van der Waals surface area contributed by atoms with Crippen LogP contribution < -0.4 is 5.32 Å². The summed E-state index contributed by atoms with van der Waals surface area (Å²) in [4.78, 5) is 0. The van der Waals surface area contributed by atoms with Crippen LogP contribution in [0.3, 0.4) is 0 Å². The number of rotatable bonds is 4. The minimum atomic E-state index is -2.25. The van der Waals surface area contributed by atoms with Crippen LogP contribution in [0.2, 0.25) is 0 Å². The van der Waals surface area contributed by atoms with Crippen molar-refractivity contribution in [3.8, 4) is 0 Å². The van der Waals surface area contributed by atoms with Crippen molar-refractivity contribution < 1.29 is 8.78 Å². The lowest BCUT2D eigenvalue weighted by Gasteiger charge is -2.33. The smallest absolute Gasteiger partial charge is 0.253 e. The van der Waals surface area contributed by atoms with Gasteiger partial charge in [-0.15, -0.1) is 0 Å². The van der Waals surface area contributed by atoms with Crippen molar-refractivity contribution in [1.29, 1.82) is 0 Å². The number of hydrogen-bond acceptors (Lipinski definition) is 2. The Morgan fingerprint density at radius 3 is 2.50 bits per heavy atom. The monoisotopic (exact) mass is 223 g/mol. The molecule has 1 N–H and O–H groups in total. The Balaban J connectivity index is 2.40. The molecule has 0 radical (unpaired) electrons. The lowest BCUT2D eigenvalue weighted by Crippen LogP contribution is -2.47. The lowest BCUT2D eigenvalue weighted by molar-refractivity contribution is 0.0970. The summed E-state index contributed by atoms with van der Waals surface area (Å²) in [6.07, 6.45) is 4.44. The molecule has 0 aliphatic heterocycles. The second-order valence-corrected chi connectivity index (χ2v) is 5.03. The second kappa shape index (κ2) is 5.91. The van der Waals surface area contributed by atoms with Gasteiger partial charge in [0.2, 0.25) is 0 Å². The first-order valence-electron chi connectivity index (χ1n) is 5.22. The molecule has 1 saturated carbocycles. The van der Waals surface area contributed by atoms with Gasteiger partial charge in [0.1, 0.15) is 0 Å². The predicted molar refractivity (Wildman–Crippen MR) is 58.2 cm³/mol. The van der Waals surface area contributed by atoms with Crippen LogP contribution in [0.5, 0.6) is 0 Å². The molecular formula is C10H19F2NS. The average molecular weight is 223 g/mol. The van der Waals surface area contributed by atoms with Gasteiger partial charge in [-0.3, -0.25) is 0 Å². The number of halogens is 2. The Kier molecular flexibility index (Phi) is 5.17. The lowest BCUT2D eigenvalue weighted by atomic mass is 9.94. The molecule has 0 heterocycles. The highest BCUT2D eigenvalue weighted by Crippen LogP contribution is 2.27. The van der Waals surface area contributed by atoms with E-state index in [2.05, 4.69) is 11.6 Å². The van der Waals surface area contributed by atoms with Crippen LogP contribution in [0.25, 0.3) is 0 Å². The molecule has 0 bridgehead atoms. The summed E-state index contributed by atoms with van der Waals surface area (Å²) in [5.74, 6) is 0. The van der Waals surface area contributed by atoms with Gasteiger partial charge in [0, 0.05) is 11.3 Å². The van der Waals surface area contributed by atoms with E-state index in [4.69, 9.17) is 0 Å². The Hall–Kier alpha value is 0.170. The molecule has 0 spiro atoms. The molecule has 4 heteroatoms. The highest BCUT2D eigenvalue weighted by atomic mass is 32.2. The van der Waals surface area contributed by atoms with Crippen molar-refractivity contribution in [3.05, 3.63) is 0 Å². The van der Waals surface area contributed by atoms with Gasteiger partial charge in [-0.1, -0.05) is 12.8 Å². The minimum absolute atomic E-state index is 0.280. The van der Waals surface area contributed by atoms with E-state index in [1.165, 1.54) is 12.8 Å². The molecule has 84 valence electrons. The van der Waals surface area contributed by atoms with Gasteiger partial charge in [0.25, 0.3) is 6.43 Å². The highest BCUT2D eigenvalue weighted by Gasteiger charge is 2.27. The molecule has 3 atom stereocenters. The van der Waals surface area contributed by atoms with E-state index < -0.39 is 12.5 Å². The fourth-order valence-corrected chi connectivity index (χ4v) is 2.93.